The van der Waals surface area contributed by atoms with Crippen molar-refractivity contribution in [3.05, 3.63) is 69.7 Å². The summed E-state index contributed by atoms with van der Waals surface area (Å²) in [6.45, 7) is 2.86. The number of halogens is 1. The SMILES string of the molecule is CNc1cc(F)cc2c1Cc1ncc(-c3cnc4c(c3)c(=O)c(C(=O)O)cn4C)c(N3CC4[C@@H](C3)OCCN4C)c1-2. The highest BCUT2D eigenvalue weighted by molar-refractivity contribution is 5.98. The summed E-state index contributed by atoms with van der Waals surface area (Å²) in [6, 6.07) is 4.95. The number of aromatic nitrogens is 3. The van der Waals surface area contributed by atoms with Gasteiger partial charge in [-0.05, 0) is 36.4 Å². The number of ether oxygens (including phenoxy) is 1. The quantitative estimate of drug-likeness (QED) is 0.345. The van der Waals surface area contributed by atoms with Gasteiger partial charge in [0.05, 0.1) is 35.5 Å². The Hall–Kier alpha value is -4.35. The van der Waals surface area contributed by atoms with Gasteiger partial charge in [0.25, 0.3) is 0 Å². The van der Waals surface area contributed by atoms with E-state index in [0.29, 0.717) is 37.3 Å². The highest BCUT2D eigenvalue weighted by Gasteiger charge is 2.41. The summed E-state index contributed by atoms with van der Waals surface area (Å²) in [5.41, 5.74) is 5.93. The molecule has 1 aromatic carbocycles. The zero-order chi connectivity index (χ0) is 28.6. The van der Waals surface area contributed by atoms with Crippen LogP contribution >= 0.6 is 0 Å². The molecule has 210 valence electrons. The summed E-state index contributed by atoms with van der Waals surface area (Å²) in [7, 11) is 5.55. The molecule has 0 bridgehead atoms. The van der Waals surface area contributed by atoms with Crippen LogP contribution < -0.4 is 15.6 Å². The minimum Gasteiger partial charge on any atom is -0.477 e. The normalized spacial score (nSPS) is 19.8. The van der Waals surface area contributed by atoms with Crippen LogP contribution in [0.15, 0.2) is 41.6 Å². The largest absolute Gasteiger partial charge is 0.477 e. The minimum atomic E-state index is -1.29. The van der Waals surface area contributed by atoms with Gasteiger partial charge in [-0.15, -0.1) is 0 Å². The van der Waals surface area contributed by atoms with E-state index >= 15 is 0 Å². The van der Waals surface area contributed by atoms with Gasteiger partial charge in [0.2, 0.25) is 5.43 Å². The van der Waals surface area contributed by atoms with Crippen LogP contribution in [0.4, 0.5) is 15.8 Å². The molecule has 2 fully saturated rings. The molecule has 5 heterocycles. The Kier molecular flexibility index (Phi) is 5.84. The average molecular weight is 557 g/mol. The van der Waals surface area contributed by atoms with Crippen molar-refractivity contribution in [1.82, 2.24) is 19.4 Å². The summed E-state index contributed by atoms with van der Waals surface area (Å²) in [6.07, 6.45) is 5.34. The second kappa shape index (κ2) is 9.35. The molecular weight excluding hydrogens is 527 g/mol. The second-order valence-corrected chi connectivity index (χ2v) is 11.0. The van der Waals surface area contributed by atoms with E-state index in [1.165, 1.54) is 12.3 Å². The number of carboxylic acid groups (broad SMARTS) is 1. The summed E-state index contributed by atoms with van der Waals surface area (Å²) in [5, 5.41) is 12.9. The Morgan fingerprint density at radius 2 is 1.98 bits per heavy atom. The first-order valence-corrected chi connectivity index (χ1v) is 13.6. The molecule has 3 aliphatic rings. The summed E-state index contributed by atoms with van der Waals surface area (Å²) < 4.78 is 22.6. The van der Waals surface area contributed by atoms with Crippen molar-refractivity contribution in [2.75, 3.05) is 50.6 Å². The molecule has 1 aliphatic carbocycles. The van der Waals surface area contributed by atoms with Crippen molar-refractivity contribution < 1.29 is 19.0 Å². The number of nitrogens with one attached hydrogen (secondary N) is 1. The number of carboxylic acids is 1. The number of aryl methyl sites for hydroxylation is 1. The van der Waals surface area contributed by atoms with Crippen molar-refractivity contribution >= 4 is 28.4 Å². The van der Waals surface area contributed by atoms with Crippen LogP contribution in [-0.2, 0) is 18.2 Å². The molecule has 41 heavy (non-hydrogen) atoms. The smallest absolute Gasteiger partial charge is 0.341 e. The van der Waals surface area contributed by atoms with Crippen molar-refractivity contribution in [3.63, 3.8) is 0 Å². The third kappa shape index (κ3) is 3.91. The first-order valence-electron chi connectivity index (χ1n) is 13.6. The third-order valence-corrected chi connectivity index (χ3v) is 8.68. The van der Waals surface area contributed by atoms with Crippen LogP contribution in [-0.4, -0.2) is 83.0 Å². The Morgan fingerprint density at radius 3 is 2.73 bits per heavy atom. The van der Waals surface area contributed by atoms with Gasteiger partial charge in [0, 0.05) is 81.1 Å². The van der Waals surface area contributed by atoms with E-state index < -0.39 is 11.4 Å². The standard InChI is InChI=1S/C30H29FN6O4/c1-32-22-8-16(31)7-18-17(22)9-23-26(18)27(37-13-24-25(14-37)41-5-4-35(24)2)20(11-33-23)15-6-19-28(38)21(30(39)40)12-36(3)29(19)34-10-15/h6-8,10-12,24-25,32H,4-5,9,13-14H2,1-3H3,(H,39,40)/t24?,25-/m1/s1. The van der Waals surface area contributed by atoms with Gasteiger partial charge in [0.15, 0.2) is 0 Å². The molecule has 0 spiro atoms. The number of likely N-dealkylation sites (N-methyl/N-ethyl adjacent to an activating group) is 1. The molecule has 1 unspecified atom stereocenters. The number of hydrogen-bond donors (Lipinski definition) is 2. The summed E-state index contributed by atoms with van der Waals surface area (Å²) >= 11 is 0. The number of fused-ring (bicyclic) bond motifs is 5. The van der Waals surface area contributed by atoms with E-state index in [4.69, 9.17) is 9.72 Å². The lowest BCUT2D eigenvalue weighted by atomic mass is 9.97. The van der Waals surface area contributed by atoms with Crippen molar-refractivity contribution in [2.24, 2.45) is 7.05 Å². The molecule has 0 radical (unpaired) electrons. The summed E-state index contributed by atoms with van der Waals surface area (Å²) in [4.78, 5) is 39.0. The van der Waals surface area contributed by atoms with Gasteiger partial charge in [-0.2, -0.15) is 0 Å². The number of morpholine rings is 1. The average Bonchev–Trinajstić information content (AvgIpc) is 3.56. The Morgan fingerprint density at radius 1 is 1.15 bits per heavy atom. The van der Waals surface area contributed by atoms with Gasteiger partial charge >= 0.3 is 5.97 Å². The lowest BCUT2D eigenvalue weighted by Gasteiger charge is -2.33. The number of benzene rings is 1. The van der Waals surface area contributed by atoms with Crippen molar-refractivity contribution in [1.29, 1.82) is 0 Å². The number of hydrogen-bond acceptors (Lipinski definition) is 8. The van der Waals surface area contributed by atoms with E-state index in [1.54, 1.807) is 43.2 Å². The maximum absolute atomic E-state index is 14.9. The molecule has 0 saturated carbocycles. The molecule has 3 aromatic heterocycles. The molecule has 2 atom stereocenters. The van der Waals surface area contributed by atoms with Crippen LogP contribution in [0.3, 0.4) is 0 Å². The fraction of sp³-hybridized carbons (Fsp3) is 0.333. The highest BCUT2D eigenvalue weighted by Crippen LogP contribution is 2.49. The van der Waals surface area contributed by atoms with Gasteiger partial charge in [-0.25, -0.2) is 14.2 Å². The summed E-state index contributed by atoms with van der Waals surface area (Å²) in [5.74, 6) is -1.63. The van der Waals surface area contributed by atoms with Crippen LogP contribution in [0.25, 0.3) is 33.3 Å². The maximum Gasteiger partial charge on any atom is 0.341 e. The topological polar surface area (TPSA) is 113 Å². The molecule has 2 saturated heterocycles. The number of carbonyl (C=O) groups is 1. The van der Waals surface area contributed by atoms with Crippen LogP contribution in [0.1, 0.15) is 21.6 Å². The predicted molar refractivity (Wildman–Crippen MR) is 153 cm³/mol. The van der Waals surface area contributed by atoms with Gasteiger partial charge in [-0.3, -0.25) is 14.7 Å². The molecular formula is C30H29FN6O4. The maximum atomic E-state index is 14.9. The molecule has 0 amide bonds. The number of pyridine rings is 3. The lowest BCUT2D eigenvalue weighted by Crippen LogP contribution is -2.48. The molecule has 11 heteroatoms. The number of aromatic carboxylic acids is 1. The molecule has 7 rings (SSSR count). The number of nitrogens with zero attached hydrogens (tertiary/aromatic N) is 5. The van der Waals surface area contributed by atoms with Gasteiger partial charge in [-0.1, -0.05) is 0 Å². The Bertz CT molecular complexity index is 1820. The lowest BCUT2D eigenvalue weighted by molar-refractivity contribution is -0.0362. The van der Waals surface area contributed by atoms with E-state index in [9.17, 15) is 19.1 Å². The zero-order valence-electron chi connectivity index (χ0n) is 22.9. The molecule has 2 aliphatic heterocycles. The fourth-order valence-corrected chi connectivity index (χ4v) is 6.64. The minimum absolute atomic E-state index is 0.0202. The third-order valence-electron chi connectivity index (χ3n) is 8.68. The van der Waals surface area contributed by atoms with E-state index in [0.717, 1.165) is 45.9 Å². The van der Waals surface area contributed by atoms with Crippen molar-refractivity contribution in [3.8, 4) is 22.3 Å². The molecule has 2 N–H and O–H groups in total. The fourth-order valence-electron chi connectivity index (χ4n) is 6.64. The number of anilines is 2. The van der Waals surface area contributed by atoms with Gasteiger partial charge in [0.1, 0.15) is 17.0 Å². The van der Waals surface area contributed by atoms with Gasteiger partial charge < -0.3 is 24.6 Å². The van der Waals surface area contributed by atoms with E-state index in [2.05, 4.69) is 27.1 Å². The first kappa shape index (κ1) is 25.6. The van der Waals surface area contributed by atoms with E-state index in [-0.39, 0.29) is 28.9 Å². The monoisotopic (exact) mass is 556 g/mol. The Balaban J connectivity index is 1.48. The van der Waals surface area contributed by atoms with Crippen LogP contribution in [0, 0.1) is 5.82 Å². The van der Waals surface area contributed by atoms with E-state index in [1.807, 2.05) is 0 Å². The number of rotatable bonds is 4. The molecule has 4 aromatic rings. The second-order valence-electron chi connectivity index (χ2n) is 11.0. The Labute approximate surface area is 235 Å². The van der Waals surface area contributed by atoms with Crippen molar-refractivity contribution in [2.45, 2.75) is 18.6 Å². The zero-order valence-corrected chi connectivity index (χ0v) is 22.9. The molecule has 10 nitrogen and oxygen atoms in total. The highest BCUT2D eigenvalue weighted by atomic mass is 19.1. The first-order chi connectivity index (χ1) is 19.7. The van der Waals surface area contributed by atoms with Crippen LogP contribution in [0.2, 0.25) is 0 Å². The van der Waals surface area contributed by atoms with Crippen LogP contribution in [0.5, 0.6) is 0 Å². The predicted octanol–water partition coefficient (Wildman–Crippen LogP) is 2.96.